The van der Waals surface area contributed by atoms with Crippen LogP contribution in [0.5, 0.6) is 11.5 Å². The highest BCUT2D eigenvalue weighted by atomic mass is 35.5. The maximum absolute atomic E-state index is 13.3. The monoisotopic (exact) mass is 583 g/mol. The molecule has 5 rings (SSSR count). The number of ether oxygens (including phenoxy) is 2. The van der Waals surface area contributed by atoms with Crippen molar-refractivity contribution in [3.63, 3.8) is 0 Å². The summed E-state index contributed by atoms with van der Waals surface area (Å²) >= 11 is 6.28. The molecule has 0 aliphatic carbocycles. The van der Waals surface area contributed by atoms with Crippen molar-refractivity contribution in [2.75, 3.05) is 52.5 Å². The fourth-order valence-electron chi connectivity index (χ4n) is 4.99. The first-order chi connectivity index (χ1) is 18.1. The molecule has 3 heterocycles. The van der Waals surface area contributed by atoms with Gasteiger partial charge in [0.1, 0.15) is 18.1 Å². The van der Waals surface area contributed by atoms with Gasteiger partial charge in [-0.15, -0.1) is 0 Å². The summed E-state index contributed by atoms with van der Waals surface area (Å²) in [5, 5.41) is 0.0649. The van der Waals surface area contributed by atoms with Crippen LogP contribution in [0, 0.1) is 5.92 Å². The van der Waals surface area contributed by atoms with E-state index in [1.807, 2.05) is 6.92 Å². The zero-order valence-corrected chi connectivity index (χ0v) is 23.4. The van der Waals surface area contributed by atoms with Gasteiger partial charge in [-0.1, -0.05) is 18.5 Å². The lowest BCUT2D eigenvalue weighted by molar-refractivity contribution is 0.0697. The first kappa shape index (κ1) is 27.2. The van der Waals surface area contributed by atoms with Crippen LogP contribution in [0.15, 0.2) is 46.2 Å². The minimum absolute atomic E-state index is 0.0649. The van der Waals surface area contributed by atoms with Gasteiger partial charge in [0, 0.05) is 50.9 Å². The van der Waals surface area contributed by atoms with Crippen LogP contribution in [0.1, 0.15) is 30.1 Å². The summed E-state index contributed by atoms with van der Waals surface area (Å²) in [6.45, 7) is 4.14. The number of hydrogen-bond donors (Lipinski definition) is 0. The number of amides is 1. The topological polar surface area (TPSA) is 114 Å². The minimum atomic E-state index is -3.85. The molecule has 38 heavy (non-hydrogen) atoms. The smallest absolute Gasteiger partial charge is 0.253 e. The van der Waals surface area contributed by atoms with Gasteiger partial charge in [0.15, 0.2) is 11.5 Å². The molecular formula is C25H30ClN3O7S2. The molecule has 2 saturated heterocycles. The Bertz CT molecular complexity index is 1440. The van der Waals surface area contributed by atoms with Gasteiger partial charge in [0.25, 0.3) is 5.91 Å². The molecule has 2 aromatic rings. The third-order valence-corrected chi connectivity index (χ3v) is 11.3. The Hall–Kier alpha value is -2.38. The van der Waals surface area contributed by atoms with E-state index in [9.17, 15) is 21.6 Å². The summed E-state index contributed by atoms with van der Waals surface area (Å²) in [4.78, 5) is 14.8. The summed E-state index contributed by atoms with van der Waals surface area (Å²) in [7, 11) is -7.65. The molecule has 0 aromatic heterocycles. The van der Waals surface area contributed by atoms with E-state index in [4.69, 9.17) is 21.1 Å². The molecule has 0 N–H and O–H groups in total. The zero-order chi connectivity index (χ0) is 27.1. The number of hydrogen-bond acceptors (Lipinski definition) is 7. The summed E-state index contributed by atoms with van der Waals surface area (Å²) < 4.78 is 66.8. The van der Waals surface area contributed by atoms with E-state index in [2.05, 4.69) is 0 Å². The number of sulfonamides is 2. The lowest BCUT2D eigenvalue weighted by Crippen LogP contribution is -2.50. The van der Waals surface area contributed by atoms with Crippen molar-refractivity contribution in [2.45, 2.75) is 29.6 Å². The molecule has 1 unspecified atom stereocenters. The number of carbonyl (C=O) groups is 1. The Morgan fingerprint density at radius 1 is 0.868 bits per heavy atom. The van der Waals surface area contributed by atoms with E-state index >= 15 is 0 Å². The normalized spacial score (nSPS) is 21.3. The number of benzene rings is 2. The lowest BCUT2D eigenvalue weighted by Gasteiger charge is -2.34. The Kier molecular flexibility index (Phi) is 7.62. The van der Waals surface area contributed by atoms with Crippen molar-refractivity contribution in [1.29, 1.82) is 0 Å². The van der Waals surface area contributed by atoms with Crippen LogP contribution in [0.3, 0.4) is 0 Å². The van der Waals surface area contributed by atoms with E-state index in [0.717, 1.165) is 12.8 Å². The highest BCUT2D eigenvalue weighted by Crippen LogP contribution is 2.34. The Morgan fingerprint density at radius 2 is 1.58 bits per heavy atom. The minimum Gasteiger partial charge on any atom is -0.486 e. The van der Waals surface area contributed by atoms with Gasteiger partial charge in [0.05, 0.1) is 9.92 Å². The van der Waals surface area contributed by atoms with Gasteiger partial charge in [0.2, 0.25) is 20.0 Å². The molecule has 3 aliphatic heterocycles. The first-order valence-electron chi connectivity index (χ1n) is 12.6. The third kappa shape index (κ3) is 5.24. The van der Waals surface area contributed by atoms with Gasteiger partial charge in [-0.3, -0.25) is 4.79 Å². The van der Waals surface area contributed by atoms with E-state index in [0.29, 0.717) is 37.8 Å². The number of fused-ring (bicyclic) bond motifs is 1. The number of rotatable bonds is 5. The predicted molar refractivity (Wildman–Crippen MR) is 141 cm³/mol. The van der Waals surface area contributed by atoms with Crippen LogP contribution >= 0.6 is 11.6 Å². The van der Waals surface area contributed by atoms with E-state index < -0.39 is 20.0 Å². The van der Waals surface area contributed by atoms with Crippen LogP contribution in [-0.4, -0.2) is 88.7 Å². The number of halogens is 1. The standard InChI is InChI=1S/C25H30ClN3O7S2/c1-18-3-2-8-29(17-18)38(33,34)24-15-19(4-6-21(24)26)25(30)27-9-11-28(12-10-27)37(31,32)20-5-7-22-23(16-20)36-14-13-35-22/h4-7,15-16,18H,2-3,8-14,17H2,1H3. The predicted octanol–water partition coefficient (Wildman–Crippen LogP) is 2.68. The molecule has 1 amide bonds. The van der Waals surface area contributed by atoms with Crippen LogP contribution in [0.25, 0.3) is 0 Å². The Labute approximate surface area is 228 Å². The second-order valence-electron chi connectivity index (χ2n) is 9.76. The van der Waals surface area contributed by atoms with Gasteiger partial charge >= 0.3 is 0 Å². The number of nitrogens with zero attached hydrogens (tertiary/aromatic N) is 3. The van der Waals surface area contributed by atoms with Crippen molar-refractivity contribution in [3.8, 4) is 11.5 Å². The van der Waals surface area contributed by atoms with Gasteiger partial charge in [-0.25, -0.2) is 16.8 Å². The fourth-order valence-corrected chi connectivity index (χ4v) is 8.52. The van der Waals surface area contributed by atoms with Crippen LogP contribution < -0.4 is 9.47 Å². The molecular weight excluding hydrogens is 554 g/mol. The SMILES string of the molecule is CC1CCCN(S(=O)(=O)c2cc(C(=O)N3CCN(S(=O)(=O)c4ccc5c(c4)OCCO5)CC3)ccc2Cl)C1. The highest BCUT2D eigenvalue weighted by molar-refractivity contribution is 7.89. The number of piperidine rings is 1. The fraction of sp³-hybridized carbons (Fsp3) is 0.480. The zero-order valence-electron chi connectivity index (χ0n) is 21.0. The molecule has 2 aromatic carbocycles. The summed E-state index contributed by atoms with van der Waals surface area (Å²) in [5.74, 6) is 0.766. The Morgan fingerprint density at radius 3 is 2.29 bits per heavy atom. The molecule has 2 fully saturated rings. The molecule has 3 aliphatic rings. The summed E-state index contributed by atoms with van der Waals surface area (Å²) in [5.41, 5.74) is 0.196. The maximum atomic E-state index is 13.3. The number of piperazine rings is 1. The molecule has 0 saturated carbocycles. The molecule has 0 bridgehead atoms. The average molecular weight is 584 g/mol. The quantitative estimate of drug-likeness (QED) is 0.532. The molecule has 206 valence electrons. The number of carbonyl (C=O) groups excluding carboxylic acids is 1. The third-order valence-electron chi connectivity index (χ3n) is 7.09. The average Bonchev–Trinajstić information content (AvgIpc) is 2.92. The second-order valence-corrected chi connectivity index (χ2v) is 14.0. The van der Waals surface area contributed by atoms with Crippen molar-refractivity contribution >= 4 is 37.6 Å². The van der Waals surface area contributed by atoms with Gasteiger partial charge < -0.3 is 14.4 Å². The molecule has 0 radical (unpaired) electrons. The molecule has 1 atom stereocenters. The van der Waals surface area contributed by atoms with Gasteiger partial charge in [-0.2, -0.15) is 8.61 Å². The van der Waals surface area contributed by atoms with Crippen molar-refractivity contribution in [3.05, 3.63) is 47.0 Å². The lowest BCUT2D eigenvalue weighted by atomic mass is 10.0. The Balaban J connectivity index is 1.29. The van der Waals surface area contributed by atoms with Crippen molar-refractivity contribution in [1.82, 2.24) is 13.5 Å². The van der Waals surface area contributed by atoms with Crippen molar-refractivity contribution < 1.29 is 31.1 Å². The van der Waals surface area contributed by atoms with E-state index in [-0.39, 0.29) is 58.4 Å². The van der Waals surface area contributed by atoms with Crippen LogP contribution in [0.2, 0.25) is 5.02 Å². The van der Waals surface area contributed by atoms with Crippen LogP contribution in [0.4, 0.5) is 0 Å². The van der Waals surface area contributed by atoms with E-state index in [1.165, 1.54) is 43.8 Å². The van der Waals surface area contributed by atoms with Crippen LogP contribution in [-0.2, 0) is 20.0 Å². The van der Waals surface area contributed by atoms with Crippen molar-refractivity contribution in [2.24, 2.45) is 5.92 Å². The molecule has 10 nitrogen and oxygen atoms in total. The van der Waals surface area contributed by atoms with Gasteiger partial charge in [-0.05, 0) is 49.1 Å². The van der Waals surface area contributed by atoms with E-state index in [1.54, 1.807) is 6.07 Å². The second kappa shape index (κ2) is 10.6. The summed E-state index contributed by atoms with van der Waals surface area (Å²) in [6.07, 6.45) is 1.74. The maximum Gasteiger partial charge on any atom is 0.253 e. The highest BCUT2D eigenvalue weighted by Gasteiger charge is 2.34. The molecule has 13 heteroatoms. The largest absolute Gasteiger partial charge is 0.486 e. The first-order valence-corrected chi connectivity index (χ1v) is 15.8. The summed E-state index contributed by atoms with van der Waals surface area (Å²) in [6, 6.07) is 8.78. The molecule has 0 spiro atoms.